The summed E-state index contributed by atoms with van der Waals surface area (Å²) < 4.78 is 5.75. The van der Waals surface area contributed by atoms with Crippen molar-refractivity contribution in [2.45, 2.75) is 93.9 Å². The first-order valence-corrected chi connectivity index (χ1v) is 23.8. The van der Waals surface area contributed by atoms with E-state index in [0.717, 1.165) is 84.7 Å². The number of aliphatic imine (C=N–C) groups is 3. The van der Waals surface area contributed by atoms with Gasteiger partial charge >= 0.3 is 0 Å². The molecule has 1 spiro atoms. The number of benzene rings is 1. The zero-order chi connectivity index (χ0) is 48.1. The Balaban J connectivity index is 1.21. The molecule has 358 valence electrons. The summed E-state index contributed by atoms with van der Waals surface area (Å²) in [5.74, 6) is 1.66. The molecule has 2 amide bonds. The van der Waals surface area contributed by atoms with Gasteiger partial charge in [0.05, 0.1) is 12.2 Å². The summed E-state index contributed by atoms with van der Waals surface area (Å²) in [7, 11) is 2.20. The molecule has 2 unspecified atom stereocenters. The van der Waals surface area contributed by atoms with Crippen LogP contribution in [0.5, 0.6) is 0 Å². The van der Waals surface area contributed by atoms with Gasteiger partial charge < -0.3 is 35.0 Å². The van der Waals surface area contributed by atoms with Crippen LogP contribution in [0.25, 0.3) is 0 Å². The van der Waals surface area contributed by atoms with E-state index in [2.05, 4.69) is 119 Å². The lowest BCUT2D eigenvalue weighted by atomic mass is 9.78. The molecule has 4 rings (SSSR count). The molecule has 0 radical (unpaired) electrons. The average molecular weight is 902 g/mol. The van der Waals surface area contributed by atoms with Crippen molar-refractivity contribution in [2.75, 3.05) is 76.4 Å². The second-order valence-electron chi connectivity index (χ2n) is 18.4. The molecule has 2 atom stereocenters. The van der Waals surface area contributed by atoms with Crippen LogP contribution in [0.15, 0.2) is 134 Å². The van der Waals surface area contributed by atoms with Crippen LogP contribution in [-0.4, -0.2) is 112 Å². The third kappa shape index (κ3) is 16.0. The van der Waals surface area contributed by atoms with Gasteiger partial charge in [0.25, 0.3) is 0 Å². The topological polar surface area (TPSA) is 117 Å². The number of nitrogens with zero attached hydrogens (tertiary/aromatic N) is 7. The van der Waals surface area contributed by atoms with Crippen LogP contribution < -0.4 is 15.5 Å². The minimum atomic E-state index is 0.409. The van der Waals surface area contributed by atoms with Gasteiger partial charge in [0.2, 0.25) is 18.7 Å². The lowest BCUT2D eigenvalue weighted by Crippen LogP contribution is -2.58. The van der Waals surface area contributed by atoms with Crippen LogP contribution in [0.4, 0.5) is 11.4 Å². The molecule has 0 bridgehead atoms. The fourth-order valence-corrected chi connectivity index (χ4v) is 8.80. The Bertz CT molecular complexity index is 2080. The van der Waals surface area contributed by atoms with Crippen LogP contribution in [0.1, 0.15) is 93.9 Å². The number of carbonyl (C=O) groups is 2. The number of allylic oxidation sites excluding steroid dienone is 12. The first kappa shape index (κ1) is 52.9. The monoisotopic (exact) mass is 902 g/mol. The molecular weight excluding hydrogens is 823 g/mol. The van der Waals surface area contributed by atoms with Gasteiger partial charge in [-0.05, 0) is 134 Å². The maximum Gasteiger partial charge on any atom is 0.233 e. The normalized spacial score (nSPS) is 18.2. The predicted octanol–water partition coefficient (Wildman–Crippen LogP) is 10.1. The van der Waals surface area contributed by atoms with Crippen molar-refractivity contribution in [3.63, 3.8) is 0 Å². The quantitative estimate of drug-likeness (QED) is 0.0513. The molecule has 12 nitrogen and oxygen atoms in total. The van der Waals surface area contributed by atoms with Gasteiger partial charge in [-0.25, -0.2) is 4.99 Å². The largest absolute Gasteiger partial charge is 0.475 e. The number of anilines is 2. The third-order valence-corrected chi connectivity index (χ3v) is 13.1. The van der Waals surface area contributed by atoms with Crippen LogP contribution in [0, 0.1) is 17.3 Å². The SMILES string of the molecule is C=N/C=C(/C=C\C(=C/C)C(C=NC1=C(C)N(C=O)CCO1)=C(C)C)C(\C)=N/CNc1ccc(N(C)CCC(CC)CN2CC3(CCN(C(/C=C\CC(C)CCC(=C)NC=O)=C/C)C3)C2)cc1. The molecule has 3 heterocycles. The van der Waals surface area contributed by atoms with Gasteiger partial charge in [0.15, 0.2) is 0 Å². The minimum absolute atomic E-state index is 0.409. The van der Waals surface area contributed by atoms with Crippen molar-refractivity contribution < 1.29 is 14.3 Å². The molecule has 12 heteroatoms. The number of rotatable bonds is 27. The highest BCUT2D eigenvalue weighted by atomic mass is 16.5. The molecule has 66 heavy (non-hydrogen) atoms. The van der Waals surface area contributed by atoms with Crippen molar-refractivity contribution in [3.8, 4) is 0 Å². The number of carbonyl (C=O) groups excluding carboxylic acids is 2. The highest BCUT2D eigenvalue weighted by Gasteiger charge is 2.47. The Morgan fingerprint density at radius 1 is 1.02 bits per heavy atom. The smallest absolute Gasteiger partial charge is 0.233 e. The second-order valence-corrected chi connectivity index (χ2v) is 18.4. The number of amides is 2. The lowest BCUT2D eigenvalue weighted by molar-refractivity contribution is -0.118. The molecule has 2 saturated heterocycles. The predicted molar refractivity (Wildman–Crippen MR) is 278 cm³/mol. The van der Waals surface area contributed by atoms with Gasteiger partial charge in [0, 0.05) is 98.2 Å². The molecule has 3 aliphatic rings. The Morgan fingerprint density at radius 2 is 1.76 bits per heavy atom. The zero-order valence-electron chi connectivity index (χ0n) is 41.6. The Hall–Kier alpha value is -5.75. The number of nitrogens with one attached hydrogen (secondary N) is 2. The van der Waals surface area contributed by atoms with E-state index in [1.165, 1.54) is 50.3 Å². The van der Waals surface area contributed by atoms with E-state index < -0.39 is 0 Å². The minimum Gasteiger partial charge on any atom is -0.475 e. The number of ether oxygens (including phenoxy) is 1. The Kier molecular flexibility index (Phi) is 21.6. The molecule has 0 aromatic heterocycles. The maximum absolute atomic E-state index is 11.4. The first-order chi connectivity index (χ1) is 31.8. The molecule has 0 saturated carbocycles. The molecule has 3 aliphatic heterocycles. The molecule has 1 aromatic rings. The van der Waals surface area contributed by atoms with Gasteiger partial charge in [-0.2, -0.15) is 0 Å². The maximum atomic E-state index is 11.4. The highest BCUT2D eigenvalue weighted by molar-refractivity contribution is 6.01. The molecule has 2 N–H and O–H groups in total. The summed E-state index contributed by atoms with van der Waals surface area (Å²) >= 11 is 0. The van der Waals surface area contributed by atoms with E-state index in [-0.39, 0.29) is 0 Å². The van der Waals surface area contributed by atoms with Crippen LogP contribution in [-0.2, 0) is 14.3 Å². The highest BCUT2D eigenvalue weighted by Crippen LogP contribution is 2.41. The summed E-state index contributed by atoms with van der Waals surface area (Å²) in [5, 5.41) is 6.12. The van der Waals surface area contributed by atoms with E-state index >= 15 is 0 Å². The van der Waals surface area contributed by atoms with Crippen LogP contribution in [0.3, 0.4) is 0 Å². The molecule has 0 aliphatic carbocycles. The van der Waals surface area contributed by atoms with Crippen molar-refractivity contribution in [3.05, 3.63) is 119 Å². The van der Waals surface area contributed by atoms with Gasteiger partial charge in [-0.1, -0.05) is 62.8 Å². The van der Waals surface area contributed by atoms with E-state index in [1.54, 1.807) is 17.3 Å². The first-order valence-electron chi connectivity index (χ1n) is 23.8. The van der Waals surface area contributed by atoms with Crippen molar-refractivity contribution >= 4 is 42.8 Å². The number of hydrogen-bond donors (Lipinski definition) is 2. The lowest BCUT2D eigenvalue weighted by Gasteiger charge is -2.49. The van der Waals surface area contributed by atoms with E-state index in [9.17, 15) is 9.59 Å². The zero-order valence-corrected chi connectivity index (χ0v) is 41.6. The van der Waals surface area contributed by atoms with Crippen molar-refractivity contribution in [2.24, 2.45) is 32.2 Å². The summed E-state index contributed by atoms with van der Waals surface area (Å²) in [6.45, 7) is 32.5. The molecular formula is C54H79N9O3. The Labute approximate surface area is 397 Å². The van der Waals surface area contributed by atoms with Gasteiger partial charge in [-0.3, -0.25) is 19.6 Å². The summed E-state index contributed by atoms with van der Waals surface area (Å²) in [4.78, 5) is 44.8. The van der Waals surface area contributed by atoms with Crippen LogP contribution in [0.2, 0.25) is 0 Å². The second kappa shape index (κ2) is 27.0. The van der Waals surface area contributed by atoms with E-state index in [4.69, 9.17) is 9.73 Å². The summed E-state index contributed by atoms with van der Waals surface area (Å²) in [6.07, 6.45) is 24.5. The fraction of sp³-hybridized carbons (Fsp3) is 0.500. The van der Waals surface area contributed by atoms with Gasteiger partial charge in [-0.15, -0.1) is 0 Å². The van der Waals surface area contributed by atoms with Gasteiger partial charge in [0.1, 0.15) is 13.3 Å². The van der Waals surface area contributed by atoms with Crippen molar-refractivity contribution in [1.29, 1.82) is 0 Å². The van der Waals surface area contributed by atoms with E-state index in [0.29, 0.717) is 55.1 Å². The summed E-state index contributed by atoms with van der Waals surface area (Å²) in [5.41, 5.74) is 10.2. The third-order valence-electron chi connectivity index (χ3n) is 13.1. The number of hydrogen-bond acceptors (Lipinski definition) is 10. The standard InChI is InChI=1S/C54H79N9O3/c1-12-46(34-61-35-54(36-61)27-29-62(37-54)50(14-3)17-15-16-42(6)18-19-43(7)59-39-64)26-28-60(11)51-24-22-49(23-25-51)58-38-57-44(8)48(32-55-10)21-20-47(13-2)52(41(4)5)33-56-53-45(9)63(40-65)30-31-66-53/h13-15,17,20-25,32-33,39-40,42,46,58H,7,10,12,16,18-19,26-31,34-38H2,1-6,8-9,11H3,(H,59,64)/b17-15-,21-20-,47-13+,48-32-,50-14+,56-33?,57-44-. The molecule has 2 fully saturated rings. The fourth-order valence-electron chi connectivity index (χ4n) is 8.80. The summed E-state index contributed by atoms with van der Waals surface area (Å²) in [6, 6.07) is 8.61. The van der Waals surface area contributed by atoms with Crippen molar-refractivity contribution in [1.82, 2.24) is 20.0 Å². The Morgan fingerprint density at radius 3 is 2.41 bits per heavy atom. The number of likely N-dealkylation sites (tertiary alicyclic amines) is 2. The molecule has 1 aromatic carbocycles. The van der Waals surface area contributed by atoms with Crippen LogP contribution >= 0.6 is 0 Å². The van der Waals surface area contributed by atoms with E-state index in [1.807, 2.05) is 52.8 Å². The average Bonchev–Trinajstić information content (AvgIpc) is 3.74.